The summed E-state index contributed by atoms with van der Waals surface area (Å²) in [6, 6.07) is 16.7. The minimum absolute atomic E-state index is 0.172. The van der Waals surface area contributed by atoms with Crippen molar-refractivity contribution in [3.05, 3.63) is 78.4 Å². The van der Waals surface area contributed by atoms with Crippen LogP contribution >= 0.6 is 0 Å². The predicted octanol–water partition coefficient (Wildman–Crippen LogP) is 3.05. The maximum absolute atomic E-state index is 12.8. The number of rotatable bonds is 5. The van der Waals surface area contributed by atoms with Gasteiger partial charge >= 0.3 is 0 Å². The molecule has 0 atom stereocenters. The summed E-state index contributed by atoms with van der Waals surface area (Å²) in [6.45, 7) is 0.199. The number of carbonyl (C=O) groups is 1. The summed E-state index contributed by atoms with van der Waals surface area (Å²) in [5, 5.41) is 8.09. The molecule has 8 heteroatoms. The van der Waals surface area contributed by atoms with Crippen molar-refractivity contribution in [3.63, 3.8) is 0 Å². The Morgan fingerprint density at radius 1 is 1.00 bits per heavy atom. The van der Waals surface area contributed by atoms with Crippen molar-refractivity contribution in [1.29, 1.82) is 0 Å². The molecule has 0 aliphatic rings. The van der Waals surface area contributed by atoms with Crippen LogP contribution in [0.3, 0.4) is 0 Å². The first-order chi connectivity index (χ1) is 14.1. The molecule has 2 aromatic carbocycles. The van der Waals surface area contributed by atoms with Gasteiger partial charge in [-0.15, -0.1) is 10.2 Å². The SMILES string of the molecule is CN(Cc1nnc(-c2ccccc2)o1)C(=O)c1cccc(-c2cnc(N)cn2)c1. The van der Waals surface area contributed by atoms with Crippen LogP contribution in [-0.2, 0) is 6.54 Å². The lowest BCUT2D eigenvalue weighted by molar-refractivity contribution is 0.0773. The number of hydrogen-bond donors (Lipinski definition) is 1. The van der Waals surface area contributed by atoms with E-state index in [1.54, 1.807) is 31.4 Å². The Labute approximate surface area is 167 Å². The fraction of sp³-hybridized carbons (Fsp3) is 0.0952. The van der Waals surface area contributed by atoms with Crippen molar-refractivity contribution in [3.8, 4) is 22.7 Å². The molecule has 2 heterocycles. The monoisotopic (exact) mass is 386 g/mol. The van der Waals surface area contributed by atoms with Gasteiger partial charge in [-0.1, -0.05) is 30.3 Å². The van der Waals surface area contributed by atoms with Crippen LogP contribution in [0.5, 0.6) is 0 Å². The summed E-state index contributed by atoms with van der Waals surface area (Å²) in [4.78, 5) is 22.7. The van der Waals surface area contributed by atoms with Crippen LogP contribution in [0.2, 0.25) is 0 Å². The Morgan fingerprint density at radius 3 is 2.55 bits per heavy atom. The van der Waals surface area contributed by atoms with Crippen molar-refractivity contribution in [2.75, 3.05) is 12.8 Å². The molecule has 2 aromatic heterocycles. The molecule has 8 nitrogen and oxygen atoms in total. The van der Waals surface area contributed by atoms with Crippen LogP contribution in [0, 0.1) is 0 Å². The third kappa shape index (κ3) is 4.11. The molecule has 0 saturated heterocycles. The number of amides is 1. The number of nitrogens with zero attached hydrogens (tertiary/aromatic N) is 5. The zero-order valence-corrected chi connectivity index (χ0v) is 15.7. The van der Waals surface area contributed by atoms with E-state index in [0.29, 0.717) is 28.9 Å². The molecule has 0 fully saturated rings. The van der Waals surface area contributed by atoms with E-state index in [-0.39, 0.29) is 12.5 Å². The van der Waals surface area contributed by atoms with Gasteiger partial charge in [-0.2, -0.15) is 0 Å². The number of nitrogen functional groups attached to an aromatic ring is 1. The van der Waals surface area contributed by atoms with Gasteiger partial charge in [0.25, 0.3) is 5.91 Å². The average molecular weight is 386 g/mol. The van der Waals surface area contributed by atoms with Gasteiger partial charge in [-0.25, -0.2) is 4.98 Å². The number of anilines is 1. The van der Waals surface area contributed by atoms with Crippen molar-refractivity contribution in [1.82, 2.24) is 25.1 Å². The molecule has 0 bridgehead atoms. The van der Waals surface area contributed by atoms with Gasteiger partial charge in [0, 0.05) is 23.7 Å². The molecule has 0 spiro atoms. The standard InChI is InChI=1S/C21H18N6O2/c1-27(13-19-25-26-20(29-19)14-6-3-2-4-7-14)21(28)16-9-5-8-15(10-16)17-11-24-18(22)12-23-17/h2-12H,13H2,1H3,(H2,22,24). The molecule has 144 valence electrons. The molecule has 0 aliphatic carbocycles. The maximum atomic E-state index is 12.8. The highest BCUT2D eigenvalue weighted by molar-refractivity contribution is 5.95. The summed E-state index contributed by atoms with van der Waals surface area (Å²) in [5.74, 6) is 0.954. The van der Waals surface area contributed by atoms with Crippen LogP contribution in [0.15, 0.2) is 71.4 Å². The Hall–Kier alpha value is -4.07. The summed E-state index contributed by atoms with van der Waals surface area (Å²) in [7, 11) is 1.68. The molecular weight excluding hydrogens is 368 g/mol. The highest BCUT2D eigenvalue weighted by Gasteiger charge is 2.17. The van der Waals surface area contributed by atoms with Gasteiger partial charge < -0.3 is 15.1 Å². The Morgan fingerprint density at radius 2 is 1.79 bits per heavy atom. The van der Waals surface area contributed by atoms with E-state index in [2.05, 4.69) is 20.2 Å². The lowest BCUT2D eigenvalue weighted by atomic mass is 10.1. The van der Waals surface area contributed by atoms with Crippen LogP contribution in [0.4, 0.5) is 5.82 Å². The quantitative estimate of drug-likeness (QED) is 0.561. The number of hydrogen-bond acceptors (Lipinski definition) is 7. The number of aromatic nitrogens is 4. The second-order valence-corrected chi connectivity index (χ2v) is 6.44. The molecule has 29 heavy (non-hydrogen) atoms. The molecule has 4 aromatic rings. The first-order valence-corrected chi connectivity index (χ1v) is 8.91. The molecular formula is C21H18N6O2. The Balaban J connectivity index is 1.49. The Kier molecular flexibility index (Phi) is 4.98. The van der Waals surface area contributed by atoms with E-state index >= 15 is 0 Å². The highest BCUT2D eigenvalue weighted by Crippen LogP contribution is 2.20. The number of nitrogens with two attached hydrogens (primary N) is 1. The Bertz CT molecular complexity index is 1130. The first kappa shape index (κ1) is 18.3. The van der Waals surface area contributed by atoms with Gasteiger partial charge in [0.15, 0.2) is 0 Å². The van der Waals surface area contributed by atoms with Crippen LogP contribution in [-0.4, -0.2) is 38.0 Å². The van der Waals surface area contributed by atoms with Crippen molar-refractivity contribution in [2.45, 2.75) is 6.54 Å². The molecule has 0 saturated carbocycles. The first-order valence-electron chi connectivity index (χ1n) is 8.91. The van der Waals surface area contributed by atoms with Crippen LogP contribution < -0.4 is 5.73 Å². The van der Waals surface area contributed by atoms with Gasteiger partial charge in [-0.05, 0) is 24.3 Å². The normalized spacial score (nSPS) is 10.7. The van der Waals surface area contributed by atoms with E-state index in [4.69, 9.17) is 10.2 Å². The lowest BCUT2D eigenvalue weighted by Crippen LogP contribution is -2.26. The summed E-state index contributed by atoms with van der Waals surface area (Å²) in [6.07, 6.45) is 3.06. The third-order valence-electron chi connectivity index (χ3n) is 4.28. The smallest absolute Gasteiger partial charge is 0.254 e. The third-order valence-corrected chi connectivity index (χ3v) is 4.28. The molecule has 2 N–H and O–H groups in total. The summed E-state index contributed by atoms with van der Waals surface area (Å²) in [5.41, 5.74) is 8.35. The van der Waals surface area contributed by atoms with Crippen LogP contribution in [0.1, 0.15) is 16.2 Å². The second-order valence-electron chi connectivity index (χ2n) is 6.44. The fourth-order valence-electron chi connectivity index (χ4n) is 2.81. The van der Waals surface area contributed by atoms with Crippen molar-refractivity contribution in [2.24, 2.45) is 0 Å². The highest BCUT2D eigenvalue weighted by atomic mass is 16.4. The number of carbonyl (C=O) groups excluding carboxylic acids is 1. The largest absolute Gasteiger partial charge is 0.419 e. The summed E-state index contributed by atoms with van der Waals surface area (Å²) >= 11 is 0. The van der Waals surface area contributed by atoms with Gasteiger partial charge in [-0.3, -0.25) is 9.78 Å². The summed E-state index contributed by atoms with van der Waals surface area (Å²) < 4.78 is 5.68. The predicted molar refractivity (Wildman–Crippen MR) is 107 cm³/mol. The maximum Gasteiger partial charge on any atom is 0.254 e. The second kappa shape index (κ2) is 7.89. The van der Waals surface area contributed by atoms with Gasteiger partial charge in [0.1, 0.15) is 5.82 Å². The molecule has 0 unspecified atom stereocenters. The van der Waals surface area contributed by atoms with E-state index in [0.717, 1.165) is 11.1 Å². The fourth-order valence-corrected chi connectivity index (χ4v) is 2.81. The molecule has 0 radical (unpaired) electrons. The molecule has 4 rings (SSSR count). The zero-order valence-electron chi connectivity index (χ0n) is 15.7. The van der Waals surface area contributed by atoms with E-state index < -0.39 is 0 Å². The van der Waals surface area contributed by atoms with Crippen molar-refractivity contribution >= 4 is 11.7 Å². The lowest BCUT2D eigenvalue weighted by Gasteiger charge is -2.15. The van der Waals surface area contributed by atoms with Gasteiger partial charge in [0.2, 0.25) is 11.8 Å². The van der Waals surface area contributed by atoms with E-state index in [1.807, 2.05) is 36.4 Å². The minimum atomic E-state index is -0.172. The topological polar surface area (TPSA) is 111 Å². The zero-order chi connectivity index (χ0) is 20.2. The van der Waals surface area contributed by atoms with Crippen molar-refractivity contribution < 1.29 is 9.21 Å². The minimum Gasteiger partial charge on any atom is -0.419 e. The van der Waals surface area contributed by atoms with Crippen LogP contribution in [0.25, 0.3) is 22.7 Å². The van der Waals surface area contributed by atoms with E-state index in [9.17, 15) is 4.79 Å². The van der Waals surface area contributed by atoms with Gasteiger partial charge in [0.05, 0.1) is 24.6 Å². The molecule has 1 amide bonds. The number of benzene rings is 2. The molecule has 0 aliphatic heterocycles. The average Bonchev–Trinajstić information content (AvgIpc) is 3.23. The van der Waals surface area contributed by atoms with E-state index in [1.165, 1.54) is 11.1 Å².